The van der Waals surface area contributed by atoms with Gasteiger partial charge in [-0.05, 0) is 0 Å². The number of hydrogen-bond donors (Lipinski definition) is 0. The molecule has 0 aromatic heterocycles. The summed E-state index contributed by atoms with van der Waals surface area (Å²) in [6.45, 7) is 29.0. The van der Waals surface area contributed by atoms with Crippen LogP contribution in [0.15, 0.2) is 74.7 Å². The molecule has 3 aromatic carbocycles. The third-order valence-corrected chi connectivity index (χ3v) is 19.1. The Hall–Kier alpha value is -1.31. The molecular weight excluding hydrogens is 659 g/mol. The first-order chi connectivity index (χ1) is 19.0. The largest absolute Gasteiger partial charge is 1.00 e. The maximum Gasteiger partial charge on any atom is -1.00 e. The minimum atomic E-state index is -2.57. The van der Waals surface area contributed by atoms with Gasteiger partial charge in [-0.3, -0.25) is 0 Å². The second-order valence-electron chi connectivity index (χ2n) is 15.7. The first-order valence-electron chi connectivity index (χ1n) is 15.5. The minimum Gasteiger partial charge on any atom is -1.00 e. The summed E-state index contributed by atoms with van der Waals surface area (Å²) in [6, 6.07) is 21.6. The van der Waals surface area contributed by atoms with Gasteiger partial charge < -0.3 is 24.8 Å². The average molecular weight is 709 g/mol. The number of rotatable bonds is 4. The molecule has 1 atom stereocenters. The van der Waals surface area contributed by atoms with Crippen LogP contribution in [-0.4, -0.2) is 11.8 Å². The van der Waals surface area contributed by atoms with E-state index in [4.69, 9.17) is 0 Å². The van der Waals surface area contributed by atoms with E-state index in [0.717, 1.165) is 6.42 Å². The van der Waals surface area contributed by atoms with E-state index in [0.29, 0.717) is 5.92 Å². The van der Waals surface area contributed by atoms with Crippen molar-refractivity contribution >= 4 is 15.1 Å². The Labute approximate surface area is 283 Å². The molecule has 0 nitrogen and oxygen atoms in total. The fourth-order valence-electron chi connectivity index (χ4n) is 6.99. The molecule has 43 heavy (non-hydrogen) atoms. The summed E-state index contributed by atoms with van der Waals surface area (Å²) in [4.78, 5) is 0. The third kappa shape index (κ3) is 7.09. The normalized spacial score (nSPS) is 16.4. The van der Waals surface area contributed by atoms with Gasteiger partial charge in [-0.15, -0.1) is 0 Å². The Morgan fingerprint density at radius 1 is 0.791 bits per heavy atom. The molecule has 228 valence electrons. The number of aryl methyl sites for hydroxylation is 1. The van der Waals surface area contributed by atoms with Gasteiger partial charge in [-0.2, -0.15) is 0 Å². The number of allylic oxidation sites excluding steroid dienone is 4. The van der Waals surface area contributed by atoms with Crippen LogP contribution in [0.4, 0.5) is 0 Å². The second kappa shape index (κ2) is 12.8. The Morgan fingerprint density at radius 3 is 1.93 bits per heavy atom. The van der Waals surface area contributed by atoms with Gasteiger partial charge >= 0.3 is 261 Å². The zero-order valence-electron chi connectivity index (χ0n) is 28.4. The van der Waals surface area contributed by atoms with Crippen molar-refractivity contribution in [3.63, 3.8) is 0 Å². The van der Waals surface area contributed by atoms with Gasteiger partial charge in [0.05, 0.1) is 0 Å². The van der Waals surface area contributed by atoms with Gasteiger partial charge in [0, 0.05) is 0 Å². The van der Waals surface area contributed by atoms with E-state index >= 15 is 0 Å². The van der Waals surface area contributed by atoms with E-state index in [2.05, 4.69) is 146 Å². The average Bonchev–Trinajstić information content (AvgIpc) is 3.38. The zero-order valence-corrected chi connectivity index (χ0v) is 33.4. The van der Waals surface area contributed by atoms with Crippen LogP contribution in [0.25, 0.3) is 11.1 Å². The van der Waals surface area contributed by atoms with E-state index in [1.54, 1.807) is 28.4 Å². The fourth-order valence-corrected chi connectivity index (χ4v) is 17.9. The maximum absolute atomic E-state index is 2.78. The van der Waals surface area contributed by atoms with E-state index in [-0.39, 0.29) is 35.6 Å². The van der Waals surface area contributed by atoms with E-state index in [1.807, 2.05) is 0 Å². The minimum absolute atomic E-state index is 0. The van der Waals surface area contributed by atoms with Crippen molar-refractivity contribution in [1.82, 2.24) is 0 Å². The molecule has 2 aliphatic rings. The molecule has 0 fully saturated rings. The van der Waals surface area contributed by atoms with Crippen molar-refractivity contribution < 1.29 is 46.1 Å². The molecule has 2 aliphatic carbocycles. The van der Waals surface area contributed by atoms with Gasteiger partial charge in [-0.1, -0.05) is 0 Å². The first-order valence-corrected chi connectivity index (χ1v) is 22.9. The number of halogens is 2. The molecule has 0 radical (unpaired) electrons. The molecule has 3 aromatic rings. The molecule has 0 saturated heterocycles. The molecule has 0 saturated carbocycles. The van der Waals surface area contributed by atoms with Gasteiger partial charge in [0.2, 0.25) is 0 Å². The summed E-state index contributed by atoms with van der Waals surface area (Å²) in [6.07, 6.45) is 3.72. The number of benzene rings is 3. The monoisotopic (exact) mass is 706 g/mol. The topological polar surface area (TPSA) is 0 Å². The summed E-state index contributed by atoms with van der Waals surface area (Å²) >= 11 is -2.57. The van der Waals surface area contributed by atoms with Crippen LogP contribution in [0.2, 0.25) is 19.6 Å². The smallest absolute Gasteiger partial charge is 1.00 e. The van der Waals surface area contributed by atoms with E-state index in [9.17, 15) is 0 Å². The summed E-state index contributed by atoms with van der Waals surface area (Å²) in [7, 11) is -1.44. The Kier molecular flexibility index (Phi) is 10.8. The predicted octanol–water partition coefficient (Wildman–Crippen LogP) is 3.99. The molecule has 1 unspecified atom stereocenters. The molecule has 5 rings (SSSR count). The molecule has 0 N–H and O–H groups in total. The van der Waals surface area contributed by atoms with Gasteiger partial charge in [0.15, 0.2) is 0 Å². The van der Waals surface area contributed by atoms with Crippen LogP contribution < -0.4 is 28.1 Å². The number of fused-ring (bicyclic) bond motifs is 3. The maximum atomic E-state index is 2.78. The van der Waals surface area contributed by atoms with Crippen LogP contribution in [0.1, 0.15) is 88.8 Å². The Balaban J connectivity index is 0.00000253. The van der Waals surface area contributed by atoms with Crippen molar-refractivity contribution in [3.8, 4) is 11.1 Å². The van der Waals surface area contributed by atoms with Crippen molar-refractivity contribution in [2.45, 2.75) is 99.2 Å². The molecular formula is C39H50Cl2SiZr. The first kappa shape index (κ1) is 36.2. The van der Waals surface area contributed by atoms with Crippen LogP contribution >= 0.6 is 0 Å². The van der Waals surface area contributed by atoms with Crippen LogP contribution in [0.3, 0.4) is 0 Å². The predicted molar refractivity (Wildman–Crippen MR) is 181 cm³/mol. The van der Waals surface area contributed by atoms with Crippen molar-refractivity contribution in [2.24, 2.45) is 5.92 Å². The second-order valence-corrected chi connectivity index (χ2v) is 26.0. The van der Waals surface area contributed by atoms with E-state index < -0.39 is 29.3 Å². The van der Waals surface area contributed by atoms with Crippen molar-refractivity contribution in [2.75, 3.05) is 0 Å². The fraction of sp³-hybridized carbons (Fsp3) is 0.410. The SMILES string of the molecule is CC1=[C](/[Zr+2](=[CH]/c2ccc(C)cc2)[c]2c(C(C)(C)C)ccc3c2Cc2cc(C(C)(C)C)ccc2-3)C(C)C=C1[Si](C)(C)C.[Cl-].[Cl-]. The molecule has 0 bridgehead atoms. The summed E-state index contributed by atoms with van der Waals surface area (Å²) in [5, 5.41) is 1.69. The molecule has 0 aliphatic heterocycles. The molecule has 4 heteroatoms. The van der Waals surface area contributed by atoms with E-state index in [1.165, 1.54) is 33.4 Å². The zero-order chi connectivity index (χ0) is 30.1. The van der Waals surface area contributed by atoms with Crippen molar-refractivity contribution in [3.05, 3.63) is 108 Å². The molecule has 0 amide bonds. The number of hydrogen-bond acceptors (Lipinski definition) is 0. The standard InChI is InChI=1S/C21H25.C10H17Si.C8H8.2ClH.Zr/c1-20(2,3)16-7-9-18-14(12-16)11-15-13-17(21(4,5)6)8-10-19(15)18;1-8-6-9(2)10(7-8)11(3,4)5;1-7-3-5-8(2)6-4-7;;;/h7-10,12H,11H2,1-6H3;7-8H,1-5H3;1,3-6H,2H3;2*1H;/q;;;;;+2/p-2. The third-order valence-electron chi connectivity index (χ3n) is 9.19. The van der Waals surface area contributed by atoms with Crippen LogP contribution in [0, 0.1) is 12.8 Å². The van der Waals surface area contributed by atoms with Gasteiger partial charge in [0.1, 0.15) is 0 Å². The van der Waals surface area contributed by atoms with Gasteiger partial charge in [-0.25, -0.2) is 0 Å². The van der Waals surface area contributed by atoms with Gasteiger partial charge in [0.25, 0.3) is 0 Å². The summed E-state index contributed by atoms with van der Waals surface area (Å²) in [5.74, 6) is 0.521. The Morgan fingerprint density at radius 2 is 1.40 bits per heavy atom. The van der Waals surface area contributed by atoms with Crippen LogP contribution in [-0.2, 0) is 38.5 Å². The summed E-state index contributed by atoms with van der Waals surface area (Å²) < 4.78 is 6.33. The Bertz CT molecular complexity index is 1620. The quantitative estimate of drug-likeness (QED) is 0.282. The summed E-state index contributed by atoms with van der Waals surface area (Å²) in [5.41, 5.74) is 13.7. The molecule has 0 spiro atoms. The van der Waals surface area contributed by atoms with Crippen molar-refractivity contribution in [1.29, 1.82) is 0 Å². The molecule has 0 heterocycles. The van der Waals surface area contributed by atoms with Crippen LogP contribution in [0.5, 0.6) is 0 Å².